The van der Waals surface area contributed by atoms with Gasteiger partial charge in [0, 0.05) is 57.4 Å². The van der Waals surface area contributed by atoms with Crippen molar-refractivity contribution in [3.63, 3.8) is 0 Å². The van der Waals surface area contributed by atoms with Crippen LogP contribution in [0.15, 0.2) is 158 Å². The van der Waals surface area contributed by atoms with Gasteiger partial charge in [-0.2, -0.15) is 5.26 Å². The first-order valence-corrected chi connectivity index (χ1v) is 17.9. The first-order chi connectivity index (χ1) is 24.2. The maximum Gasteiger partial charge on any atom is 0.0991 e. The lowest BCUT2D eigenvalue weighted by Gasteiger charge is -2.26. The van der Waals surface area contributed by atoms with Crippen molar-refractivity contribution in [2.24, 2.45) is 0 Å². The Morgan fingerprint density at radius 2 is 0.878 bits per heavy atom. The van der Waals surface area contributed by atoms with Gasteiger partial charge in [0.25, 0.3) is 0 Å². The highest BCUT2D eigenvalue weighted by Gasteiger charge is 2.18. The van der Waals surface area contributed by atoms with Gasteiger partial charge in [-0.15, -0.1) is 22.7 Å². The zero-order valence-corrected chi connectivity index (χ0v) is 27.9. The van der Waals surface area contributed by atoms with Gasteiger partial charge in [-0.25, -0.2) is 0 Å². The average Bonchev–Trinajstić information content (AvgIpc) is 3.73. The summed E-state index contributed by atoms with van der Waals surface area (Å²) in [6, 6.07) is 59.0. The Morgan fingerprint density at radius 3 is 1.39 bits per heavy atom. The van der Waals surface area contributed by atoms with E-state index in [2.05, 4.69) is 144 Å². The number of nitrogens with zero attached hydrogens (tertiary/aromatic N) is 2. The number of hydrogen-bond acceptors (Lipinski definition) is 4. The maximum absolute atomic E-state index is 9.27. The minimum absolute atomic E-state index is 0.667. The number of benzene rings is 8. The molecule has 0 N–H and O–H groups in total. The Hall–Kier alpha value is -5.99. The molecule has 0 radical (unpaired) electrons. The molecule has 4 heteroatoms. The fourth-order valence-corrected chi connectivity index (χ4v) is 9.64. The van der Waals surface area contributed by atoms with Crippen LogP contribution >= 0.6 is 22.7 Å². The van der Waals surface area contributed by atoms with Crippen LogP contribution in [0.4, 0.5) is 17.1 Å². The molecule has 10 aromatic rings. The fraction of sp³-hybridized carbons (Fsp3) is 0. The van der Waals surface area contributed by atoms with E-state index in [1.54, 1.807) is 0 Å². The Balaban J connectivity index is 1.15. The van der Waals surface area contributed by atoms with E-state index in [1.807, 2.05) is 46.9 Å². The van der Waals surface area contributed by atoms with Crippen molar-refractivity contribution in [3.05, 3.63) is 163 Å². The molecule has 0 amide bonds. The first-order valence-electron chi connectivity index (χ1n) is 16.3. The Labute approximate surface area is 290 Å². The summed E-state index contributed by atoms with van der Waals surface area (Å²) in [7, 11) is 0. The van der Waals surface area contributed by atoms with Gasteiger partial charge in [0.05, 0.1) is 11.6 Å². The summed E-state index contributed by atoms with van der Waals surface area (Å²) in [6.45, 7) is 0. The number of hydrogen-bond donors (Lipinski definition) is 0. The van der Waals surface area contributed by atoms with Crippen LogP contribution in [0.3, 0.4) is 0 Å². The summed E-state index contributed by atoms with van der Waals surface area (Å²) in [5.41, 5.74) is 6.22. The van der Waals surface area contributed by atoms with E-state index < -0.39 is 0 Å². The maximum atomic E-state index is 9.27. The summed E-state index contributed by atoms with van der Waals surface area (Å²) in [4.78, 5) is 2.38. The molecule has 49 heavy (non-hydrogen) atoms. The van der Waals surface area contributed by atoms with E-state index in [0.29, 0.717) is 5.56 Å². The predicted octanol–water partition coefficient (Wildman–Crippen LogP) is 13.7. The highest BCUT2D eigenvalue weighted by molar-refractivity contribution is 7.26. The summed E-state index contributed by atoms with van der Waals surface area (Å²) in [5.74, 6) is 0. The second-order valence-electron chi connectivity index (χ2n) is 12.5. The van der Waals surface area contributed by atoms with Crippen LogP contribution in [0.2, 0.25) is 0 Å². The molecular weight excluding hydrogens is 633 g/mol. The van der Waals surface area contributed by atoms with Gasteiger partial charge in [0.15, 0.2) is 0 Å². The van der Waals surface area contributed by atoms with Crippen LogP contribution in [0.1, 0.15) is 5.56 Å². The molecule has 0 bridgehead atoms. The van der Waals surface area contributed by atoms with Crippen molar-refractivity contribution in [1.29, 1.82) is 5.26 Å². The number of thiophene rings is 2. The molecule has 0 fully saturated rings. The summed E-state index contributed by atoms with van der Waals surface area (Å²) in [6.07, 6.45) is 0. The molecule has 0 unspecified atom stereocenters. The van der Waals surface area contributed by atoms with Crippen LogP contribution in [-0.2, 0) is 0 Å². The molecule has 10 rings (SSSR count). The monoisotopic (exact) mass is 658 g/mol. The van der Waals surface area contributed by atoms with E-state index in [-0.39, 0.29) is 0 Å². The first kappa shape index (κ1) is 28.1. The lowest BCUT2D eigenvalue weighted by molar-refractivity contribution is 1.30. The summed E-state index contributed by atoms with van der Waals surface area (Å²) >= 11 is 3.72. The molecule has 0 saturated carbocycles. The molecule has 0 saturated heterocycles. The fourth-order valence-electron chi connectivity index (χ4n) is 7.34. The van der Waals surface area contributed by atoms with E-state index in [0.717, 1.165) is 28.2 Å². The lowest BCUT2D eigenvalue weighted by Crippen LogP contribution is -2.09. The van der Waals surface area contributed by atoms with Crippen molar-refractivity contribution in [2.45, 2.75) is 0 Å². The van der Waals surface area contributed by atoms with Crippen molar-refractivity contribution < 1.29 is 0 Å². The number of rotatable bonds is 4. The van der Waals surface area contributed by atoms with Crippen molar-refractivity contribution in [3.8, 4) is 17.2 Å². The van der Waals surface area contributed by atoms with Gasteiger partial charge in [0.1, 0.15) is 0 Å². The Morgan fingerprint density at radius 1 is 0.408 bits per heavy atom. The zero-order valence-electron chi connectivity index (χ0n) is 26.2. The highest BCUT2D eigenvalue weighted by atomic mass is 32.1. The van der Waals surface area contributed by atoms with E-state index >= 15 is 0 Å². The quantitative estimate of drug-likeness (QED) is 0.188. The third-order valence-corrected chi connectivity index (χ3v) is 11.9. The van der Waals surface area contributed by atoms with Crippen molar-refractivity contribution in [1.82, 2.24) is 0 Å². The van der Waals surface area contributed by atoms with Crippen LogP contribution in [-0.4, -0.2) is 0 Å². The number of anilines is 3. The largest absolute Gasteiger partial charge is 0.310 e. The van der Waals surface area contributed by atoms with Crippen LogP contribution < -0.4 is 4.90 Å². The van der Waals surface area contributed by atoms with Crippen LogP contribution in [0.25, 0.3) is 73.0 Å². The van der Waals surface area contributed by atoms with Gasteiger partial charge >= 0.3 is 0 Å². The van der Waals surface area contributed by atoms with E-state index in [9.17, 15) is 5.26 Å². The normalized spacial score (nSPS) is 11.7. The SMILES string of the molecule is N#Cc1ccc(-c2ccc(N(c3ccc4c(c3)sc3ccc5ccccc5c34)c3ccc4c(c3)sc3ccc5ccccc5c34)cc2)cc1. The van der Waals surface area contributed by atoms with Crippen LogP contribution in [0.5, 0.6) is 0 Å². The molecule has 0 atom stereocenters. The molecule has 0 aliphatic heterocycles. The lowest BCUT2D eigenvalue weighted by atomic mass is 10.0. The predicted molar refractivity (Wildman–Crippen MR) is 212 cm³/mol. The highest BCUT2D eigenvalue weighted by Crippen LogP contribution is 2.45. The second kappa shape index (κ2) is 11.0. The Bertz CT molecular complexity index is 2790. The molecule has 0 aliphatic rings. The minimum Gasteiger partial charge on any atom is -0.310 e. The van der Waals surface area contributed by atoms with Gasteiger partial charge in [-0.3, -0.25) is 0 Å². The molecular formula is C45H26N2S2. The van der Waals surface area contributed by atoms with Gasteiger partial charge in [0.2, 0.25) is 0 Å². The summed E-state index contributed by atoms with van der Waals surface area (Å²) < 4.78 is 5.17. The van der Waals surface area contributed by atoms with E-state index in [4.69, 9.17) is 0 Å². The zero-order chi connectivity index (χ0) is 32.5. The average molecular weight is 659 g/mol. The molecule has 228 valence electrons. The molecule has 2 aromatic heterocycles. The molecule has 0 aliphatic carbocycles. The number of nitriles is 1. The third kappa shape index (κ3) is 4.52. The van der Waals surface area contributed by atoms with Gasteiger partial charge < -0.3 is 4.90 Å². The standard InChI is InChI=1S/C45H26N2S2/c46-27-28-9-11-29(12-10-28)30-13-17-33(18-14-30)47(34-19-21-38-42(25-34)48-40-23-15-31-5-1-3-7-36(31)44(38)40)35-20-22-39-43(26-35)49-41-24-16-32-6-2-4-8-37(32)45(39)41/h1-26H. The van der Waals surface area contributed by atoms with E-state index in [1.165, 1.54) is 61.9 Å². The smallest absolute Gasteiger partial charge is 0.0991 e. The van der Waals surface area contributed by atoms with Crippen molar-refractivity contribution >= 4 is 102 Å². The second-order valence-corrected chi connectivity index (χ2v) is 14.6. The summed E-state index contributed by atoms with van der Waals surface area (Å²) in [5, 5.41) is 19.7. The topological polar surface area (TPSA) is 27.0 Å². The molecule has 2 heterocycles. The minimum atomic E-state index is 0.667. The molecule has 8 aromatic carbocycles. The van der Waals surface area contributed by atoms with Crippen LogP contribution in [0, 0.1) is 11.3 Å². The third-order valence-electron chi connectivity index (χ3n) is 9.68. The van der Waals surface area contributed by atoms with Gasteiger partial charge in [-0.1, -0.05) is 97.1 Å². The Kier molecular flexibility index (Phi) is 6.32. The number of fused-ring (bicyclic) bond motifs is 10. The molecule has 0 spiro atoms. The van der Waals surface area contributed by atoms with Gasteiger partial charge in [-0.05, 0) is 93.3 Å². The van der Waals surface area contributed by atoms with Crippen molar-refractivity contribution in [2.75, 3.05) is 4.90 Å². The molecule has 2 nitrogen and oxygen atoms in total.